The fourth-order valence-corrected chi connectivity index (χ4v) is 4.24. The van der Waals surface area contributed by atoms with Crippen LogP contribution >= 0.6 is 0 Å². The summed E-state index contributed by atoms with van der Waals surface area (Å²) in [5.41, 5.74) is 1.39. The van der Waals surface area contributed by atoms with Crippen LogP contribution in [0.5, 0.6) is 0 Å². The summed E-state index contributed by atoms with van der Waals surface area (Å²) in [6.07, 6.45) is 1.62. The van der Waals surface area contributed by atoms with E-state index in [0.29, 0.717) is 19.3 Å². The second-order valence-corrected chi connectivity index (χ2v) is 8.17. The number of halogens is 1. The molecule has 3 rings (SSSR count). The first kappa shape index (κ1) is 17.1. The van der Waals surface area contributed by atoms with Gasteiger partial charge < -0.3 is 5.11 Å². The lowest BCUT2D eigenvalue weighted by molar-refractivity contribution is 0.0317. The molecule has 1 unspecified atom stereocenters. The molecular weight excluding hydrogens is 329 g/mol. The third-order valence-electron chi connectivity index (χ3n) is 4.53. The van der Waals surface area contributed by atoms with Crippen LogP contribution in [0.3, 0.4) is 0 Å². The molecule has 6 heteroatoms. The van der Waals surface area contributed by atoms with Crippen LogP contribution < -0.4 is 4.72 Å². The van der Waals surface area contributed by atoms with Crippen LogP contribution in [0.1, 0.15) is 23.1 Å². The van der Waals surface area contributed by atoms with E-state index in [1.807, 2.05) is 24.3 Å². The maximum absolute atomic E-state index is 13.3. The molecule has 0 bridgehead atoms. The third kappa shape index (κ3) is 3.50. The van der Waals surface area contributed by atoms with Gasteiger partial charge in [-0.2, -0.15) is 0 Å². The summed E-state index contributed by atoms with van der Waals surface area (Å²) in [6, 6.07) is 11.5. The average molecular weight is 349 g/mol. The molecular formula is C18H20FNO3S. The molecule has 1 aliphatic carbocycles. The van der Waals surface area contributed by atoms with Crippen molar-refractivity contribution in [2.24, 2.45) is 0 Å². The molecule has 0 saturated carbocycles. The van der Waals surface area contributed by atoms with E-state index >= 15 is 0 Å². The second kappa shape index (κ2) is 6.27. The molecule has 4 nitrogen and oxygen atoms in total. The fourth-order valence-electron chi connectivity index (χ4n) is 3.03. The molecule has 0 spiro atoms. The summed E-state index contributed by atoms with van der Waals surface area (Å²) in [7, 11) is -3.79. The molecule has 2 N–H and O–H groups in total. The second-order valence-electron chi connectivity index (χ2n) is 6.41. The molecule has 1 aliphatic rings. The Bertz CT molecular complexity index is 866. The Kier molecular flexibility index (Phi) is 4.46. The number of aryl methyl sites for hydroxylation is 2. The van der Waals surface area contributed by atoms with Crippen LogP contribution in [0.2, 0.25) is 0 Å². The van der Waals surface area contributed by atoms with Gasteiger partial charge in [-0.1, -0.05) is 24.3 Å². The Morgan fingerprint density at radius 3 is 2.62 bits per heavy atom. The van der Waals surface area contributed by atoms with Gasteiger partial charge in [0, 0.05) is 13.0 Å². The van der Waals surface area contributed by atoms with Gasteiger partial charge in [-0.3, -0.25) is 0 Å². The van der Waals surface area contributed by atoms with Crippen LogP contribution in [-0.4, -0.2) is 25.7 Å². The minimum Gasteiger partial charge on any atom is -0.388 e. The summed E-state index contributed by atoms with van der Waals surface area (Å²) in [4.78, 5) is 0.00112. The van der Waals surface area contributed by atoms with Gasteiger partial charge in [0.05, 0.1) is 10.5 Å². The Morgan fingerprint density at radius 2 is 1.92 bits per heavy atom. The number of aliphatic hydroxyl groups is 1. The molecule has 0 amide bonds. The SMILES string of the molecule is Cc1cc(S(=O)(=O)NCC2(O)CCc3ccccc3C2)ccc1F. The Balaban J connectivity index is 1.74. The predicted octanol–water partition coefficient (Wildman–Crippen LogP) is 2.33. The Labute approximate surface area is 141 Å². The van der Waals surface area contributed by atoms with Crippen molar-refractivity contribution in [3.05, 3.63) is 65.0 Å². The average Bonchev–Trinajstić information content (AvgIpc) is 2.55. The molecule has 24 heavy (non-hydrogen) atoms. The van der Waals surface area contributed by atoms with Crippen molar-refractivity contribution < 1.29 is 17.9 Å². The number of benzene rings is 2. The molecule has 0 aliphatic heterocycles. The van der Waals surface area contributed by atoms with Gasteiger partial charge in [-0.25, -0.2) is 17.5 Å². The molecule has 0 aromatic heterocycles. The number of sulfonamides is 1. The molecule has 0 heterocycles. The molecule has 0 fully saturated rings. The summed E-state index contributed by atoms with van der Waals surface area (Å²) < 4.78 is 40.5. The predicted molar refractivity (Wildman–Crippen MR) is 89.7 cm³/mol. The van der Waals surface area contributed by atoms with E-state index in [9.17, 15) is 17.9 Å². The number of hydrogen-bond donors (Lipinski definition) is 2. The molecule has 1 atom stereocenters. The van der Waals surface area contributed by atoms with Crippen molar-refractivity contribution in [2.75, 3.05) is 6.54 Å². The van der Waals surface area contributed by atoms with E-state index in [-0.39, 0.29) is 17.0 Å². The topological polar surface area (TPSA) is 66.4 Å². The maximum atomic E-state index is 13.3. The van der Waals surface area contributed by atoms with Gasteiger partial charge in [0.25, 0.3) is 0 Å². The van der Waals surface area contributed by atoms with Crippen LogP contribution in [-0.2, 0) is 22.9 Å². The Morgan fingerprint density at radius 1 is 1.21 bits per heavy atom. The van der Waals surface area contributed by atoms with Crippen molar-refractivity contribution in [3.8, 4) is 0 Å². The number of nitrogens with one attached hydrogen (secondary N) is 1. The highest BCUT2D eigenvalue weighted by molar-refractivity contribution is 7.89. The first-order valence-electron chi connectivity index (χ1n) is 7.84. The first-order chi connectivity index (χ1) is 11.3. The van der Waals surface area contributed by atoms with E-state index in [4.69, 9.17) is 0 Å². The van der Waals surface area contributed by atoms with Crippen molar-refractivity contribution in [2.45, 2.75) is 36.7 Å². The lowest BCUT2D eigenvalue weighted by atomic mass is 9.80. The zero-order valence-corrected chi connectivity index (χ0v) is 14.2. The van der Waals surface area contributed by atoms with E-state index < -0.39 is 21.4 Å². The lowest BCUT2D eigenvalue weighted by Crippen LogP contribution is -2.46. The quantitative estimate of drug-likeness (QED) is 0.890. The maximum Gasteiger partial charge on any atom is 0.240 e. The van der Waals surface area contributed by atoms with Gasteiger partial charge in [-0.05, 0) is 54.7 Å². The molecule has 0 saturated heterocycles. The molecule has 2 aromatic rings. The summed E-state index contributed by atoms with van der Waals surface area (Å²) >= 11 is 0. The van der Waals surface area contributed by atoms with Crippen LogP contribution in [0.15, 0.2) is 47.4 Å². The highest BCUT2D eigenvalue weighted by Crippen LogP contribution is 2.28. The van der Waals surface area contributed by atoms with Gasteiger partial charge in [0.15, 0.2) is 0 Å². The summed E-state index contributed by atoms with van der Waals surface area (Å²) in [5.74, 6) is -0.448. The van der Waals surface area contributed by atoms with E-state index in [0.717, 1.165) is 11.6 Å². The zero-order chi connectivity index (χ0) is 17.4. The highest BCUT2D eigenvalue weighted by Gasteiger charge is 2.33. The van der Waals surface area contributed by atoms with E-state index in [1.54, 1.807) is 0 Å². The molecule has 128 valence electrons. The monoisotopic (exact) mass is 349 g/mol. The third-order valence-corrected chi connectivity index (χ3v) is 5.93. The fraction of sp³-hybridized carbons (Fsp3) is 0.333. The van der Waals surface area contributed by atoms with Crippen molar-refractivity contribution >= 4 is 10.0 Å². The number of hydrogen-bond acceptors (Lipinski definition) is 3. The highest BCUT2D eigenvalue weighted by atomic mass is 32.2. The standard InChI is InChI=1S/C18H20FNO3S/c1-13-10-16(6-7-17(13)19)24(22,23)20-12-18(21)9-8-14-4-2-3-5-15(14)11-18/h2-7,10,20-21H,8-9,11-12H2,1H3. The van der Waals surface area contributed by atoms with E-state index in [2.05, 4.69) is 4.72 Å². The van der Waals surface area contributed by atoms with E-state index in [1.165, 1.54) is 24.6 Å². The van der Waals surface area contributed by atoms with Crippen LogP contribution in [0.4, 0.5) is 4.39 Å². The Hall–Kier alpha value is -1.76. The van der Waals surface area contributed by atoms with Crippen molar-refractivity contribution in [3.63, 3.8) is 0 Å². The zero-order valence-electron chi connectivity index (χ0n) is 13.4. The molecule has 2 aromatic carbocycles. The van der Waals surface area contributed by atoms with Crippen LogP contribution in [0, 0.1) is 12.7 Å². The minimum atomic E-state index is -3.79. The van der Waals surface area contributed by atoms with Gasteiger partial charge >= 0.3 is 0 Å². The van der Waals surface area contributed by atoms with Crippen LogP contribution in [0.25, 0.3) is 0 Å². The number of fused-ring (bicyclic) bond motifs is 1. The largest absolute Gasteiger partial charge is 0.388 e. The van der Waals surface area contributed by atoms with Gasteiger partial charge in [-0.15, -0.1) is 0 Å². The van der Waals surface area contributed by atoms with Crippen molar-refractivity contribution in [1.29, 1.82) is 0 Å². The van der Waals surface area contributed by atoms with Gasteiger partial charge in [0.2, 0.25) is 10.0 Å². The summed E-state index contributed by atoms with van der Waals surface area (Å²) in [5, 5.41) is 10.7. The van der Waals surface area contributed by atoms with Crippen molar-refractivity contribution in [1.82, 2.24) is 4.72 Å². The van der Waals surface area contributed by atoms with Gasteiger partial charge in [0.1, 0.15) is 5.82 Å². The molecule has 0 radical (unpaired) electrons. The first-order valence-corrected chi connectivity index (χ1v) is 9.32. The summed E-state index contributed by atoms with van der Waals surface area (Å²) in [6.45, 7) is 1.44. The smallest absolute Gasteiger partial charge is 0.240 e. The number of rotatable bonds is 4. The lowest BCUT2D eigenvalue weighted by Gasteiger charge is -2.33. The normalized spacial score (nSPS) is 20.6. The minimum absolute atomic E-state index is 0.00112.